The van der Waals surface area contributed by atoms with E-state index in [-0.39, 0.29) is 5.91 Å². The lowest BCUT2D eigenvalue weighted by molar-refractivity contribution is -0.116. The molecule has 0 aromatic heterocycles. The maximum atomic E-state index is 11.8. The molecule has 1 aliphatic heterocycles. The molecule has 0 aliphatic carbocycles. The summed E-state index contributed by atoms with van der Waals surface area (Å²) in [5, 5.41) is 2.87. The van der Waals surface area contributed by atoms with Crippen LogP contribution in [0.5, 0.6) is 0 Å². The number of ether oxygens (including phenoxy) is 2. The number of anilines is 1. The van der Waals surface area contributed by atoms with Gasteiger partial charge in [-0.3, -0.25) is 4.79 Å². The fourth-order valence-corrected chi connectivity index (χ4v) is 2.77. The van der Waals surface area contributed by atoms with Crippen molar-refractivity contribution in [2.75, 3.05) is 52.0 Å². The van der Waals surface area contributed by atoms with E-state index in [1.165, 1.54) is 17.7 Å². The molecule has 1 aromatic carbocycles. The summed E-state index contributed by atoms with van der Waals surface area (Å²) in [7, 11) is 3.77. The average molecular weight is 332 g/mol. The Kier molecular flexibility index (Phi) is 7.79. The molecule has 0 saturated heterocycles. The lowest BCUT2D eigenvalue weighted by Crippen LogP contribution is -2.24. The fraction of sp³-hybridized carbons (Fsp3) is 0.526. The second-order valence-corrected chi connectivity index (χ2v) is 6.00. The molecule has 132 valence electrons. The Morgan fingerprint density at radius 3 is 3.04 bits per heavy atom. The number of amides is 1. The number of hydrogen-bond acceptors (Lipinski definition) is 4. The highest BCUT2D eigenvalue weighted by atomic mass is 16.5. The van der Waals surface area contributed by atoms with Gasteiger partial charge >= 0.3 is 0 Å². The van der Waals surface area contributed by atoms with Gasteiger partial charge in [0, 0.05) is 45.6 Å². The van der Waals surface area contributed by atoms with Gasteiger partial charge in [0.1, 0.15) is 0 Å². The Hall–Kier alpha value is -1.85. The van der Waals surface area contributed by atoms with Gasteiger partial charge in [-0.05, 0) is 48.6 Å². The molecule has 5 nitrogen and oxygen atoms in total. The maximum absolute atomic E-state index is 11.8. The number of hydrogen-bond donors (Lipinski definition) is 1. The molecule has 0 fully saturated rings. The highest BCUT2D eigenvalue weighted by Crippen LogP contribution is 2.27. The molecule has 1 aliphatic rings. The minimum Gasteiger partial charge on any atom is -0.382 e. The van der Waals surface area contributed by atoms with E-state index < -0.39 is 0 Å². The van der Waals surface area contributed by atoms with Crippen molar-refractivity contribution >= 4 is 17.7 Å². The van der Waals surface area contributed by atoms with Crippen LogP contribution in [0.2, 0.25) is 0 Å². The molecule has 5 heteroatoms. The first kappa shape index (κ1) is 18.5. The molecule has 1 heterocycles. The van der Waals surface area contributed by atoms with E-state index in [9.17, 15) is 4.79 Å². The largest absolute Gasteiger partial charge is 0.382 e. The van der Waals surface area contributed by atoms with Gasteiger partial charge in [0.15, 0.2) is 0 Å². The number of carbonyl (C=O) groups excluding carboxylic acids is 1. The smallest absolute Gasteiger partial charge is 0.244 e. The van der Waals surface area contributed by atoms with Crippen LogP contribution in [0.1, 0.15) is 24.0 Å². The van der Waals surface area contributed by atoms with Gasteiger partial charge in [0.2, 0.25) is 5.91 Å². The van der Waals surface area contributed by atoms with Gasteiger partial charge in [-0.1, -0.05) is 6.07 Å². The lowest BCUT2D eigenvalue weighted by atomic mass is 9.99. The van der Waals surface area contributed by atoms with E-state index in [1.54, 1.807) is 13.2 Å². The third-order valence-electron chi connectivity index (χ3n) is 4.08. The van der Waals surface area contributed by atoms with Crippen LogP contribution in [0, 0.1) is 0 Å². The molecule has 0 spiro atoms. The van der Waals surface area contributed by atoms with Crippen LogP contribution in [0.4, 0.5) is 5.69 Å². The van der Waals surface area contributed by atoms with Crippen molar-refractivity contribution < 1.29 is 14.3 Å². The van der Waals surface area contributed by atoms with Crippen molar-refractivity contribution in [1.82, 2.24) is 5.32 Å². The predicted octanol–water partition coefficient (Wildman–Crippen LogP) is 2.25. The predicted molar refractivity (Wildman–Crippen MR) is 97.4 cm³/mol. The SMILES string of the molecule is COCCOCCCNC(=O)/C=C/c1ccc2c(c1)CCCN2C. The van der Waals surface area contributed by atoms with E-state index in [4.69, 9.17) is 9.47 Å². The lowest BCUT2D eigenvalue weighted by Gasteiger charge is -2.27. The van der Waals surface area contributed by atoms with Gasteiger partial charge in [0.25, 0.3) is 0 Å². The van der Waals surface area contributed by atoms with Crippen LogP contribution in [0.3, 0.4) is 0 Å². The highest BCUT2D eigenvalue weighted by molar-refractivity contribution is 5.91. The minimum absolute atomic E-state index is 0.0678. The highest BCUT2D eigenvalue weighted by Gasteiger charge is 2.12. The minimum atomic E-state index is -0.0678. The Bertz CT molecular complexity index is 558. The molecule has 24 heavy (non-hydrogen) atoms. The van der Waals surface area contributed by atoms with Crippen molar-refractivity contribution in [2.24, 2.45) is 0 Å². The third kappa shape index (κ3) is 5.98. The monoisotopic (exact) mass is 332 g/mol. The number of nitrogens with one attached hydrogen (secondary N) is 1. The summed E-state index contributed by atoms with van der Waals surface area (Å²) >= 11 is 0. The summed E-state index contributed by atoms with van der Waals surface area (Å²) in [4.78, 5) is 14.1. The molecule has 2 rings (SSSR count). The first-order valence-electron chi connectivity index (χ1n) is 8.57. The normalized spacial score (nSPS) is 14.0. The number of rotatable bonds is 9. The van der Waals surface area contributed by atoms with Crippen molar-refractivity contribution in [3.63, 3.8) is 0 Å². The van der Waals surface area contributed by atoms with E-state index in [2.05, 4.69) is 35.5 Å². The van der Waals surface area contributed by atoms with Crippen LogP contribution >= 0.6 is 0 Å². The third-order valence-corrected chi connectivity index (χ3v) is 4.08. The molecule has 0 unspecified atom stereocenters. The molecule has 1 N–H and O–H groups in total. The van der Waals surface area contributed by atoms with Gasteiger partial charge < -0.3 is 19.7 Å². The first-order valence-corrected chi connectivity index (χ1v) is 8.57. The van der Waals surface area contributed by atoms with Crippen molar-refractivity contribution in [1.29, 1.82) is 0 Å². The van der Waals surface area contributed by atoms with Crippen LogP contribution in [0.25, 0.3) is 6.08 Å². The van der Waals surface area contributed by atoms with Crippen LogP contribution < -0.4 is 10.2 Å². The molecule has 1 amide bonds. The molecular formula is C19H28N2O3. The van der Waals surface area contributed by atoms with Crippen LogP contribution in [-0.2, 0) is 20.7 Å². The molecule has 1 aromatic rings. The number of methoxy groups -OCH3 is 1. The van der Waals surface area contributed by atoms with E-state index >= 15 is 0 Å². The Balaban J connectivity index is 1.72. The number of carbonyl (C=O) groups is 1. The topological polar surface area (TPSA) is 50.8 Å². The summed E-state index contributed by atoms with van der Waals surface area (Å²) in [6.45, 7) is 3.56. The van der Waals surface area contributed by atoms with Crippen molar-refractivity contribution in [2.45, 2.75) is 19.3 Å². The van der Waals surface area contributed by atoms with E-state index in [0.29, 0.717) is 26.4 Å². The standard InChI is InChI=1S/C19H28N2O3/c1-21-11-3-5-17-15-16(6-8-18(17)21)7-9-19(22)20-10-4-12-24-14-13-23-2/h6-9,15H,3-5,10-14H2,1-2H3,(H,20,22)/b9-7+. The number of fused-ring (bicyclic) bond motifs is 1. The molecule has 0 bridgehead atoms. The van der Waals surface area contributed by atoms with Gasteiger partial charge in [-0.15, -0.1) is 0 Å². The average Bonchev–Trinajstić information content (AvgIpc) is 2.59. The zero-order valence-corrected chi connectivity index (χ0v) is 14.7. The number of aryl methyl sites for hydroxylation is 1. The van der Waals surface area contributed by atoms with E-state index in [0.717, 1.165) is 24.9 Å². The second-order valence-electron chi connectivity index (χ2n) is 6.00. The molecule has 0 radical (unpaired) electrons. The molecular weight excluding hydrogens is 304 g/mol. The quantitative estimate of drug-likeness (QED) is 0.557. The second kappa shape index (κ2) is 10.1. The summed E-state index contributed by atoms with van der Waals surface area (Å²) in [6.07, 6.45) is 6.56. The van der Waals surface area contributed by atoms with Crippen molar-refractivity contribution in [3.8, 4) is 0 Å². The van der Waals surface area contributed by atoms with Gasteiger partial charge in [-0.25, -0.2) is 0 Å². The summed E-state index contributed by atoms with van der Waals surface area (Å²) in [6, 6.07) is 6.38. The van der Waals surface area contributed by atoms with Crippen LogP contribution in [-0.4, -0.2) is 53.0 Å². The maximum Gasteiger partial charge on any atom is 0.244 e. The van der Waals surface area contributed by atoms with Crippen molar-refractivity contribution in [3.05, 3.63) is 35.4 Å². The fourth-order valence-electron chi connectivity index (χ4n) is 2.77. The van der Waals surface area contributed by atoms with E-state index in [1.807, 2.05) is 6.08 Å². The Morgan fingerprint density at radius 1 is 1.33 bits per heavy atom. The van der Waals surface area contributed by atoms with Gasteiger partial charge in [0.05, 0.1) is 13.2 Å². The first-order chi connectivity index (χ1) is 11.7. The summed E-state index contributed by atoms with van der Waals surface area (Å²) in [5.41, 5.74) is 3.73. The van der Waals surface area contributed by atoms with Gasteiger partial charge in [-0.2, -0.15) is 0 Å². The molecule has 0 atom stereocenters. The number of benzene rings is 1. The zero-order valence-electron chi connectivity index (χ0n) is 14.7. The zero-order chi connectivity index (χ0) is 17.2. The van der Waals surface area contributed by atoms with Crippen LogP contribution in [0.15, 0.2) is 24.3 Å². The number of nitrogens with zero attached hydrogens (tertiary/aromatic N) is 1. The molecule has 0 saturated carbocycles. The summed E-state index contributed by atoms with van der Waals surface area (Å²) < 4.78 is 10.2. The summed E-state index contributed by atoms with van der Waals surface area (Å²) in [5.74, 6) is -0.0678. The Labute approximate surface area is 144 Å². The Morgan fingerprint density at radius 2 is 2.21 bits per heavy atom.